The van der Waals surface area contributed by atoms with Gasteiger partial charge in [-0.25, -0.2) is 13.2 Å². The number of nitrogens with one attached hydrogen (secondary N) is 2. The largest absolute Gasteiger partial charge is 0.484 e. The highest BCUT2D eigenvalue weighted by atomic mass is 32.2. The van der Waals surface area contributed by atoms with Crippen molar-refractivity contribution in [3.05, 3.63) is 54.1 Å². The summed E-state index contributed by atoms with van der Waals surface area (Å²) in [4.78, 5) is 23.1. The zero-order chi connectivity index (χ0) is 21.3. The van der Waals surface area contributed by atoms with Gasteiger partial charge >= 0.3 is 5.97 Å². The zero-order valence-electron chi connectivity index (χ0n) is 16.3. The van der Waals surface area contributed by atoms with Crippen LogP contribution in [0.2, 0.25) is 0 Å². The number of benzene rings is 2. The molecule has 0 aliphatic heterocycles. The van der Waals surface area contributed by atoms with Gasteiger partial charge in [-0.15, -0.1) is 0 Å². The Balaban J connectivity index is 1.99. The number of carbonyl (C=O) groups is 2. The number of ether oxygens (including phenoxy) is 2. The fourth-order valence-corrected chi connectivity index (χ4v) is 3.28. The molecule has 0 radical (unpaired) electrons. The molecule has 9 heteroatoms. The second kappa shape index (κ2) is 10.5. The molecular formula is C20H24N2O6S. The van der Waals surface area contributed by atoms with E-state index in [2.05, 4.69) is 10.0 Å². The lowest BCUT2D eigenvalue weighted by Crippen LogP contribution is -2.24. The Labute approximate surface area is 170 Å². The summed E-state index contributed by atoms with van der Waals surface area (Å²) in [5, 5.41) is 2.42. The molecule has 0 unspecified atom stereocenters. The lowest BCUT2D eigenvalue weighted by molar-refractivity contribution is -0.122. The first-order valence-electron chi connectivity index (χ1n) is 9.09. The van der Waals surface area contributed by atoms with Gasteiger partial charge in [0.2, 0.25) is 0 Å². The van der Waals surface area contributed by atoms with Crippen molar-refractivity contribution in [1.29, 1.82) is 0 Å². The Morgan fingerprint density at radius 3 is 2.24 bits per heavy atom. The second-order valence-corrected chi connectivity index (χ2v) is 7.79. The molecule has 0 atom stereocenters. The maximum atomic E-state index is 12.5. The van der Waals surface area contributed by atoms with Crippen LogP contribution in [-0.4, -0.2) is 40.6 Å². The van der Waals surface area contributed by atoms with Gasteiger partial charge in [-0.05, 0) is 55.0 Å². The van der Waals surface area contributed by atoms with E-state index < -0.39 is 16.0 Å². The molecule has 0 aliphatic carbocycles. The number of amides is 1. The van der Waals surface area contributed by atoms with Crippen molar-refractivity contribution in [2.45, 2.75) is 24.7 Å². The van der Waals surface area contributed by atoms with Gasteiger partial charge in [0.25, 0.3) is 15.9 Å². The monoisotopic (exact) mass is 420 g/mol. The second-order valence-electron chi connectivity index (χ2n) is 6.11. The molecule has 0 bridgehead atoms. The molecule has 0 aliphatic rings. The van der Waals surface area contributed by atoms with E-state index in [0.29, 0.717) is 23.6 Å². The van der Waals surface area contributed by atoms with Crippen LogP contribution >= 0.6 is 0 Å². The SMILES string of the molecule is CCCCOC(=O)c1ccc(NS(=O)(=O)c2ccc(OCC(=O)NC)cc2)cc1. The van der Waals surface area contributed by atoms with Crippen LogP contribution in [0.1, 0.15) is 30.1 Å². The van der Waals surface area contributed by atoms with Crippen molar-refractivity contribution in [1.82, 2.24) is 5.32 Å². The van der Waals surface area contributed by atoms with Crippen molar-refractivity contribution >= 4 is 27.6 Å². The van der Waals surface area contributed by atoms with E-state index in [0.717, 1.165) is 12.8 Å². The number of sulfonamides is 1. The Hall–Kier alpha value is -3.07. The standard InChI is InChI=1S/C20H24N2O6S/c1-3-4-13-27-20(24)15-5-7-16(8-6-15)22-29(25,26)18-11-9-17(10-12-18)28-14-19(23)21-2/h5-12,22H,3-4,13-14H2,1-2H3,(H,21,23). The molecule has 0 aromatic heterocycles. The predicted molar refractivity (Wildman–Crippen MR) is 108 cm³/mol. The van der Waals surface area contributed by atoms with Gasteiger partial charge in [0.05, 0.1) is 17.1 Å². The summed E-state index contributed by atoms with van der Waals surface area (Å²) in [6, 6.07) is 11.7. The number of rotatable bonds is 10. The minimum Gasteiger partial charge on any atom is -0.484 e. The summed E-state index contributed by atoms with van der Waals surface area (Å²) < 4.78 is 37.8. The fraction of sp³-hybridized carbons (Fsp3) is 0.300. The Bertz CT molecular complexity index is 924. The average Bonchev–Trinajstić information content (AvgIpc) is 2.72. The van der Waals surface area contributed by atoms with E-state index in [1.165, 1.54) is 55.6 Å². The number of unbranched alkanes of at least 4 members (excludes halogenated alkanes) is 1. The highest BCUT2D eigenvalue weighted by Gasteiger charge is 2.15. The summed E-state index contributed by atoms with van der Waals surface area (Å²) in [6.45, 7) is 2.20. The third-order valence-corrected chi connectivity index (χ3v) is 5.28. The first-order valence-corrected chi connectivity index (χ1v) is 10.6. The lowest BCUT2D eigenvalue weighted by atomic mass is 10.2. The van der Waals surface area contributed by atoms with Crippen LogP contribution in [0.25, 0.3) is 0 Å². The van der Waals surface area contributed by atoms with E-state index >= 15 is 0 Å². The van der Waals surface area contributed by atoms with Gasteiger partial charge in [0.15, 0.2) is 6.61 Å². The van der Waals surface area contributed by atoms with E-state index in [4.69, 9.17) is 9.47 Å². The van der Waals surface area contributed by atoms with Crippen LogP contribution in [0.3, 0.4) is 0 Å². The van der Waals surface area contributed by atoms with Gasteiger partial charge in [-0.1, -0.05) is 13.3 Å². The fourth-order valence-electron chi connectivity index (χ4n) is 2.22. The molecule has 29 heavy (non-hydrogen) atoms. The Morgan fingerprint density at radius 1 is 1.00 bits per heavy atom. The lowest BCUT2D eigenvalue weighted by Gasteiger charge is -2.10. The summed E-state index contributed by atoms with van der Waals surface area (Å²) in [7, 11) is -2.32. The molecule has 0 fully saturated rings. The predicted octanol–water partition coefficient (Wildman–Crippen LogP) is 2.57. The summed E-state index contributed by atoms with van der Waals surface area (Å²) in [5.41, 5.74) is 0.664. The quantitative estimate of drug-likeness (QED) is 0.451. The number of carbonyl (C=O) groups excluding carboxylic acids is 2. The molecule has 2 N–H and O–H groups in total. The molecule has 0 saturated heterocycles. The number of anilines is 1. The van der Waals surface area contributed by atoms with Crippen molar-refractivity contribution in [2.24, 2.45) is 0 Å². The molecule has 0 heterocycles. The van der Waals surface area contributed by atoms with Crippen LogP contribution in [0.4, 0.5) is 5.69 Å². The van der Waals surface area contributed by atoms with Gasteiger partial charge in [0, 0.05) is 12.7 Å². The van der Waals surface area contributed by atoms with Crippen LogP contribution in [0.15, 0.2) is 53.4 Å². The molecule has 2 aromatic rings. The Morgan fingerprint density at radius 2 is 1.66 bits per heavy atom. The molecule has 0 saturated carbocycles. The molecule has 0 spiro atoms. The van der Waals surface area contributed by atoms with E-state index in [1.807, 2.05) is 6.92 Å². The molecule has 1 amide bonds. The molecule has 2 rings (SSSR count). The number of hydrogen-bond acceptors (Lipinski definition) is 6. The van der Waals surface area contributed by atoms with Crippen LogP contribution in [-0.2, 0) is 19.6 Å². The normalized spacial score (nSPS) is 10.8. The van der Waals surface area contributed by atoms with Crippen LogP contribution < -0.4 is 14.8 Å². The third kappa shape index (κ3) is 6.79. The number of hydrogen-bond donors (Lipinski definition) is 2. The zero-order valence-corrected chi connectivity index (χ0v) is 17.1. The smallest absolute Gasteiger partial charge is 0.338 e. The number of likely N-dealkylation sites (N-methyl/N-ethyl adjacent to an activating group) is 1. The van der Waals surface area contributed by atoms with Gasteiger partial charge < -0.3 is 14.8 Å². The highest BCUT2D eigenvalue weighted by Crippen LogP contribution is 2.20. The maximum absolute atomic E-state index is 12.5. The van der Waals surface area contributed by atoms with Crippen molar-refractivity contribution in [3.63, 3.8) is 0 Å². The van der Waals surface area contributed by atoms with Gasteiger partial charge in [0.1, 0.15) is 5.75 Å². The highest BCUT2D eigenvalue weighted by molar-refractivity contribution is 7.92. The summed E-state index contributed by atoms with van der Waals surface area (Å²) >= 11 is 0. The number of esters is 1. The molecule has 156 valence electrons. The van der Waals surface area contributed by atoms with Gasteiger partial charge in [-0.2, -0.15) is 0 Å². The third-order valence-electron chi connectivity index (χ3n) is 3.89. The molecule has 8 nitrogen and oxygen atoms in total. The summed E-state index contributed by atoms with van der Waals surface area (Å²) in [6.07, 6.45) is 1.72. The summed E-state index contributed by atoms with van der Waals surface area (Å²) in [5.74, 6) is -0.361. The van der Waals surface area contributed by atoms with E-state index in [-0.39, 0.29) is 17.4 Å². The van der Waals surface area contributed by atoms with E-state index in [1.54, 1.807) is 0 Å². The van der Waals surface area contributed by atoms with E-state index in [9.17, 15) is 18.0 Å². The van der Waals surface area contributed by atoms with Crippen LogP contribution in [0.5, 0.6) is 5.75 Å². The maximum Gasteiger partial charge on any atom is 0.338 e. The minimum atomic E-state index is -3.82. The van der Waals surface area contributed by atoms with Crippen molar-refractivity contribution in [2.75, 3.05) is 25.0 Å². The molecular weight excluding hydrogens is 396 g/mol. The molecule has 2 aromatic carbocycles. The van der Waals surface area contributed by atoms with Crippen LogP contribution in [0, 0.1) is 0 Å². The van der Waals surface area contributed by atoms with Crippen molar-refractivity contribution in [3.8, 4) is 5.75 Å². The minimum absolute atomic E-state index is 0.0350. The first kappa shape index (κ1) is 22.2. The average molecular weight is 420 g/mol. The topological polar surface area (TPSA) is 111 Å². The first-order chi connectivity index (χ1) is 13.9. The Kier molecular flexibility index (Phi) is 8.02. The van der Waals surface area contributed by atoms with Crippen molar-refractivity contribution < 1.29 is 27.5 Å². The van der Waals surface area contributed by atoms with Gasteiger partial charge in [-0.3, -0.25) is 9.52 Å².